The second-order valence-corrected chi connectivity index (χ2v) is 6.04. The third-order valence-electron chi connectivity index (χ3n) is 4.50. The molecule has 84 valence electrons. The maximum Gasteiger partial charge on any atom is -0.00755 e. The molecule has 0 heteroatoms. The van der Waals surface area contributed by atoms with E-state index in [4.69, 9.17) is 0 Å². The third kappa shape index (κ3) is 1.91. The second kappa shape index (κ2) is 3.81. The molecule has 1 saturated carbocycles. The zero-order valence-corrected chi connectivity index (χ0v) is 10.5. The maximum absolute atomic E-state index is 4.27. The van der Waals surface area contributed by atoms with E-state index < -0.39 is 0 Å². The summed E-state index contributed by atoms with van der Waals surface area (Å²) in [6, 6.07) is 0. The van der Waals surface area contributed by atoms with Crippen LogP contribution in [0.2, 0.25) is 0 Å². The molecule has 2 aliphatic carbocycles. The fourth-order valence-electron chi connectivity index (χ4n) is 3.28. The van der Waals surface area contributed by atoms with Crippen molar-refractivity contribution in [1.82, 2.24) is 0 Å². The Morgan fingerprint density at radius 1 is 1.40 bits per heavy atom. The van der Waals surface area contributed by atoms with E-state index >= 15 is 0 Å². The predicted molar refractivity (Wildman–Crippen MR) is 66.7 cm³/mol. The molecule has 0 heterocycles. The largest absolute Gasteiger partial charge is 0.0955 e. The molecule has 2 aliphatic rings. The first-order chi connectivity index (χ1) is 7.03. The Balaban J connectivity index is 2.30. The van der Waals surface area contributed by atoms with Crippen LogP contribution in [-0.4, -0.2) is 0 Å². The molecule has 0 bridgehead atoms. The van der Waals surface area contributed by atoms with Gasteiger partial charge < -0.3 is 0 Å². The van der Waals surface area contributed by atoms with Crippen molar-refractivity contribution in [2.75, 3.05) is 0 Å². The van der Waals surface area contributed by atoms with Gasteiger partial charge in [0.15, 0.2) is 0 Å². The predicted octanol–water partition coefficient (Wildman–Crippen LogP) is 4.73. The van der Waals surface area contributed by atoms with Crippen molar-refractivity contribution in [3.63, 3.8) is 0 Å². The van der Waals surface area contributed by atoms with E-state index in [1.165, 1.54) is 37.7 Å². The molecular formula is C15H24. The highest BCUT2D eigenvalue weighted by Crippen LogP contribution is 2.50. The van der Waals surface area contributed by atoms with Gasteiger partial charge in [-0.2, -0.15) is 0 Å². The zero-order valence-electron chi connectivity index (χ0n) is 10.5. The van der Waals surface area contributed by atoms with Crippen LogP contribution in [0.15, 0.2) is 23.8 Å². The standard InChI is InChI=1S/C15H24/c1-11(2)13-7-9-15(4)8-5-6-12(3)14(15)10-13/h10-11,13H,3,5-9H2,1-2,4H3/t13-,15-/m1/s1. The molecule has 0 unspecified atom stereocenters. The zero-order chi connectivity index (χ0) is 11.1. The lowest BCUT2D eigenvalue weighted by molar-refractivity contribution is 0.244. The van der Waals surface area contributed by atoms with Crippen molar-refractivity contribution in [2.24, 2.45) is 17.3 Å². The normalized spacial score (nSPS) is 36.4. The Bertz CT molecular complexity index is 295. The van der Waals surface area contributed by atoms with Crippen molar-refractivity contribution in [2.45, 2.75) is 52.9 Å². The lowest BCUT2D eigenvalue weighted by Gasteiger charge is -2.43. The van der Waals surface area contributed by atoms with Crippen LogP contribution in [-0.2, 0) is 0 Å². The summed E-state index contributed by atoms with van der Waals surface area (Å²) >= 11 is 0. The number of fused-ring (bicyclic) bond motifs is 1. The van der Waals surface area contributed by atoms with Gasteiger partial charge in [-0.15, -0.1) is 0 Å². The van der Waals surface area contributed by atoms with Gasteiger partial charge in [0.05, 0.1) is 0 Å². The van der Waals surface area contributed by atoms with Gasteiger partial charge in [-0.3, -0.25) is 0 Å². The lowest BCUT2D eigenvalue weighted by atomic mass is 9.62. The minimum atomic E-state index is 0.473. The molecular weight excluding hydrogens is 180 g/mol. The molecule has 0 aromatic rings. The van der Waals surface area contributed by atoms with Crippen molar-refractivity contribution < 1.29 is 0 Å². The SMILES string of the molecule is C=C1CCC[C@]2(C)CC[C@@H](C(C)C)C=C12. The fraction of sp³-hybridized carbons (Fsp3) is 0.733. The van der Waals surface area contributed by atoms with E-state index in [1.807, 2.05) is 0 Å². The van der Waals surface area contributed by atoms with Crippen LogP contribution in [0.3, 0.4) is 0 Å². The average molecular weight is 204 g/mol. The highest BCUT2D eigenvalue weighted by molar-refractivity contribution is 5.38. The highest BCUT2D eigenvalue weighted by atomic mass is 14.4. The van der Waals surface area contributed by atoms with Gasteiger partial charge in [0, 0.05) is 0 Å². The first kappa shape index (κ1) is 11.0. The topological polar surface area (TPSA) is 0 Å². The van der Waals surface area contributed by atoms with Gasteiger partial charge in [0.25, 0.3) is 0 Å². The monoisotopic (exact) mass is 204 g/mol. The van der Waals surface area contributed by atoms with Crippen LogP contribution in [0.25, 0.3) is 0 Å². The van der Waals surface area contributed by atoms with Crippen LogP contribution < -0.4 is 0 Å². The van der Waals surface area contributed by atoms with E-state index in [9.17, 15) is 0 Å². The summed E-state index contributed by atoms with van der Waals surface area (Å²) in [6.07, 6.45) is 9.26. The number of hydrogen-bond donors (Lipinski definition) is 0. The van der Waals surface area contributed by atoms with Gasteiger partial charge in [0.2, 0.25) is 0 Å². The van der Waals surface area contributed by atoms with E-state index in [-0.39, 0.29) is 0 Å². The fourth-order valence-corrected chi connectivity index (χ4v) is 3.28. The van der Waals surface area contributed by atoms with Gasteiger partial charge in [0.1, 0.15) is 0 Å². The summed E-state index contributed by atoms with van der Waals surface area (Å²) < 4.78 is 0. The molecule has 0 aromatic heterocycles. The minimum absolute atomic E-state index is 0.473. The van der Waals surface area contributed by atoms with Crippen molar-refractivity contribution in [1.29, 1.82) is 0 Å². The van der Waals surface area contributed by atoms with Crippen LogP contribution in [0.1, 0.15) is 52.9 Å². The van der Waals surface area contributed by atoms with Crippen LogP contribution in [0, 0.1) is 17.3 Å². The summed E-state index contributed by atoms with van der Waals surface area (Å²) in [4.78, 5) is 0. The molecule has 2 atom stereocenters. The number of rotatable bonds is 1. The number of allylic oxidation sites excluding steroid dienone is 3. The molecule has 2 rings (SSSR count). The molecule has 0 radical (unpaired) electrons. The second-order valence-electron chi connectivity index (χ2n) is 6.04. The third-order valence-corrected chi connectivity index (χ3v) is 4.50. The first-order valence-electron chi connectivity index (χ1n) is 6.43. The molecule has 0 saturated heterocycles. The van der Waals surface area contributed by atoms with Gasteiger partial charge in [-0.05, 0) is 54.9 Å². The average Bonchev–Trinajstić information content (AvgIpc) is 2.17. The van der Waals surface area contributed by atoms with Gasteiger partial charge >= 0.3 is 0 Å². The first-order valence-corrected chi connectivity index (χ1v) is 6.43. The molecule has 0 nitrogen and oxygen atoms in total. The van der Waals surface area contributed by atoms with Crippen LogP contribution in [0.4, 0.5) is 0 Å². The molecule has 0 aromatic carbocycles. The summed E-state index contributed by atoms with van der Waals surface area (Å²) in [6.45, 7) is 11.4. The highest BCUT2D eigenvalue weighted by Gasteiger charge is 2.37. The quantitative estimate of drug-likeness (QED) is 0.579. The molecule has 0 spiro atoms. The van der Waals surface area contributed by atoms with E-state index in [1.54, 1.807) is 5.57 Å². The van der Waals surface area contributed by atoms with E-state index in [2.05, 4.69) is 33.4 Å². The molecule has 15 heavy (non-hydrogen) atoms. The van der Waals surface area contributed by atoms with Crippen molar-refractivity contribution in [3.05, 3.63) is 23.8 Å². The molecule has 0 N–H and O–H groups in total. The van der Waals surface area contributed by atoms with Crippen molar-refractivity contribution in [3.8, 4) is 0 Å². The summed E-state index contributed by atoms with van der Waals surface area (Å²) in [5.41, 5.74) is 3.51. The Morgan fingerprint density at radius 3 is 2.80 bits per heavy atom. The minimum Gasteiger partial charge on any atom is -0.0955 e. The maximum atomic E-state index is 4.27. The van der Waals surface area contributed by atoms with E-state index in [0.29, 0.717) is 5.41 Å². The Labute approximate surface area is 94.5 Å². The van der Waals surface area contributed by atoms with Crippen LogP contribution in [0.5, 0.6) is 0 Å². The Kier molecular flexibility index (Phi) is 2.79. The Hall–Kier alpha value is -0.520. The van der Waals surface area contributed by atoms with Gasteiger partial charge in [-0.1, -0.05) is 39.0 Å². The number of hydrogen-bond acceptors (Lipinski definition) is 0. The molecule has 1 fully saturated rings. The lowest BCUT2D eigenvalue weighted by Crippen LogP contribution is -2.30. The van der Waals surface area contributed by atoms with Crippen molar-refractivity contribution >= 4 is 0 Å². The Morgan fingerprint density at radius 2 is 2.13 bits per heavy atom. The molecule has 0 amide bonds. The summed E-state index contributed by atoms with van der Waals surface area (Å²) in [5.74, 6) is 1.58. The smallest absolute Gasteiger partial charge is 0.00755 e. The summed E-state index contributed by atoms with van der Waals surface area (Å²) in [5, 5.41) is 0. The molecule has 0 aliphatic heterocycles. The summed E-state index contributed by atoms with van der Waals surface area (Å²) in [7, 11) is 0. The van der Waals surface area contributed by atoms with Crippen LogP contribution >= 0.6 is 0 Å². The van der Waals surface area contributed by atoms with E-state index in [0.717, 1.165) is 11.8 Å². The van der Waals surface area contributed by atoms with Gasteiger partial charge in [-0.25, -0.2) is 0 Å².